The SMILES string of the molecule is O=C1NC(=O)C(CSc2ccc3ccccc3c2)S1. The summed E-state index contributed by atoms with van der Waals surface area (Å²) in [5.41, 5.74) is 0. The Hall–Kier alpha value is -1.46. The molecule has 0 aromatic heterocycles. The average Bonchev–Trinajstić information content (AvgIpc) is 2.74. The van der Waals surface area contributed by atoms with Crippen molar-refractivity contribution in [3.8, 4) is 0 Å². The van der Waals surface area contributed by atoms with Gasteiger partial charge in [-0.15, -0.1) is 11.8 Å². The molecule has 0 radical (unpaired) electrons. The summed E-state index contributed by atoms with van der Waals surface area (Å²) in [6, 6.07) is 14.4. The van der Waals surface area contributed by atoms with Gasteiger partial charge in [0.2, 0.25) is 5.91 Å². The minimum atomic E-state index is -0.274. The van der Waals surface area contributed by atoms with E-state index in [9.17, 15) is 9.59 Å². The summed E-state index contributed by atoms with van der Waals surface area (Å²) < 4.78 is 0. The highest BCUT2D eigenvalue weighted by molar-refractivity contribution is 8.16. The summed E-state index contributed by atoms with van der Waals surface area (Å²) in [6.45, 7) is 0. The van der Waals surface area contributed by atoms with Crippen LogP contribution < -0.4 is 5.32 Å². The number of hydrogen-bond acceptors (Lipinski definition) is 4. The Morgan fingerprint density at radius 2 is 1.89 bits per heavy atom. The number of rotatable bonds is 3. The third kappa shape index (κ3) is 2.77. The predicted molar refractivity (Wildman–Crippen MR) is 79.6 cm³/mol. The monoisotopic (exact) mass is 289 g/mol. The Balaban J connectivity index is 1.71. The Morgan fingerprint density at radius 1 is 1.11 bits per heavy atom. The van der Waals surface area contributed by atoms with Crippen molar-refractivity contribution in [2.24, 2.45) is 0 Å². The van der Waals surface area contributed by atoms with Crippen LogP contribution in [0.2, 0.25) is 0 Å². The lowest BCUT2D eigenvalue weighted by molar-refractivity contribution is -0.118. The summed E-state index contributed by atoms with van der Waals surface area (Å²) in [5.74, 6) is 0.434. The lowest BCUT2D eigenvalue weighted by Gasteiger charge is -2.06. The summed E-state index contributed by atoms with van der Waals surface area (Å²) in [4.78, 5) is 23.6. The summed E-state index contributed by atoms with van der Waals surface area (Å²) >= 11 is 2.68. The molecule has 1 heterocycles. The van der Waals surface area contributed by atoms with E-state index in [1.807, 2.05) is 18.2 Å². The molecule has 3 nitrogen and oxygen atoms in total. The molecule has 0 aliphatic carbocycles. The zero-order valence-corrected chi connectivity index (χ0v) is 11.6. The third-order valence-electron chi connectivity index (χ3n) is 2.89. The minimum absolute atomic E-state index is 0.178. The summed E-state index contributed by atoms with van der Waals surface area (Å²) in [7, 11) is 0. The molecule has 0 saturated carbocycles. The average molecular weight is 289 g/mol. The smallest absolute Gasteiger partial charge is 0.286 e. The summed E-state index contributed by atoms with van der Waals surface area (Å²) in [5, 5.41) is 4.18. The van der Waals surface area contributed by atoms with Gasteiger partial charge in [0, 0.05) is 10.6 Å². The van der Waals surface area contributed by atoms with E-state index < -0.39 is 0 Å². The maximum Gasteiger partial charge on any atom is 0.286 e. The molecule has 1 aliphatic rings. The van der Waals surface area contributed by atoms with E-state index in [0.29, 0.717) is 5.75 Å². The Labute approximate surface area is 119 Å². The highest BCUT2D eigenvalue weighted by Gasteiger charge is 2.31. The predicted octanol–water partition coefficient (Wildman–Crippen LogP) is 3.28. The molecule has 0 bridgehead atoms. The number of hydrogen-bond donors (Lipinski definition) is 1. The van der Waals surface area contributed by atoms with Crippen LogP contribution in [0.1, 0.15) is 0 Å². The molecule has 3 rings (SSSR count). The molecule has 1 atom stereocenters. The van der Waals surface area contributed by atoms with E-state index in [1.54, 1.807) is 11.8 Å². The van der Waals surface area contributed by atoms with Crippen LogP contribution in [0.15, 0.2) is 47.4 Å². The highest BCUT2D eigenvalue weighted by atomic mass is 32.2. The Kier molecular flexibility index (Phi) is 3.48. The van der Waals surface area contributed by atoms with E-state index in [0.717, 1.165) is 16.7 Å². The molecule has 0 spiro atoms. The molecule has 19 heavy (non-hydrogen) atoms. The van der Waals surface area contributed by atoms with Crippen molar-refractivity contribution in [2.75, 3.05) is 5.75 Å². The first kappa shape index (κ1) is 12.6. The van der Waals surface area contributed by atoms with E-state index in [-0.39, 0.29) is 16.4 Å². The number of imide groups is 1. The topological polar surface area (TPSA) is 46.2 Å². The van der Waals surface area contributed by atoms with Crippen LogP contribution in [0.4, 0.5) is 4.79 Å². The van der Waals surface area contributed by atoms with Gasteiger partial charge in [0.25, 0.3) is 5.24 Å². The van der Waals surface area contributed by atoms with Crippen LogP contribution in [-0.4, -0.2) is 22.1 Å². The van der Waals surface area contributed by atoms with Crippen molar-refractivity contribution in [1.82, 2.24) is 5.32 Å². The highest BCUT2D eigenvalue weighted by Crippen LogP contribution is 2.29. The van der Waals surface area contributed by atoms with Crippen molar-refractivity contribution < 1.29 is 9.59 Å². The van der Waals surface area contributed by atoms with Crippen molar-refractivity contribution in [2.45, 2.75) is 10.1 Å². The quantitative estimate of drug-likeness (QED) is 0.881. The van der Waals surface area contributed by atoms with Gasteiger partial charge < -0.3 is 0 Å². The van der Waals surface area contributed by atoms with Crippen molar-refractivity contribution >= 4 is 45.4 Å². The van der Waals surface area contributed by atoms with Gasteiger partial charge in [0.1, 0.15) is 5.25 Å². The number of amides is 2. The second-order valence-corrected chi connectivity index (χ2v) is 6.47. The number of fused-ring (bicyclic) bond motifs is 1. The van der Waals surface area contributed by atoms with Gasteiger partial charge in [-0.2, -0.15) is 0 Å². The minimum Gasteiger partial charge on any atom is -0.286 e. The number of carbonyl (C=O) groups is 2. The molecule has 5 heteroatoms. The van der Waals surface area contributed by atoms with Gasteiger partial charge in [-0.3, -0.25) is 14.9 Å². The van der Waals surface area contributed by atoms with Crippen LogP contribution in [0.5, 0.6) is 0 Å². The van der Waals surface area contributed by atoms with Gasteiger partial charge in [0.15, 0.2) is 0 Å². The van der Waals surface area contributed by atoms with E-state index in [4.69, 9.17) is 0 Å². The van der Waals surface area contributed by atoms with Gasteiger partial charge in [-0.05, 0) is 22.9 Å². The summed E-state index contributed by atoms with van der Waals surface area (Å²) in [6.07, 6.45) is 0. The zero-order chi connectivity index (χ0) is 13.2. The van der Waals surface area contributed by atoms with Crippen molar-refractivity contribution in [3.05, 3.63) is 42.5 Å². The van der Waals surface area contributed by atoms with Crippen LogP contribution in [0, 0.1) is 0 Å². The Morgan fingerprint density at radius 3 is 2.63 bits per heavy atom. The fourth-order valence-corrected chi connectivity index (χ4v) is 3.86. The number of carbonyl (C=O) groups excluding carboxylic acids is 2. The number of benzene rings is 2. The maximum atomic E-state index is 11.5. The van der Waals surface area contributed by atoms with Crippen LogP contribution >= 0.6 is 23.5 Å². The molecule has 1 fully saturated rings. The molecule has 2 aromatic carbocycles. The standard InChI is InChI=1S/C14H11NO2S2/c16-13-12(19-14(17)15-13)8-18-11-6-5-9-3-1-2-4-10(9)7-11/h1-7,12H,8H2,(H,15,16,17). The largest absolute Gasteiger partial charge is 0.286 e. The second kappa shape index (κ2) is 5.27. The van der Waals surface area contributed by atoms with E-state index >= 15 is 0 Å². The molecule has 2 aromatic rings. The first-order valence-electron chi connectivity index (χ1n) is 5.85. The lowest BCUT2D eigenvalue weighted by Crippen LogP contribution is -2.25. The lowest BCUT2D eigenvalue weighted by atomic mass is 10.1. The molecular weight excluding hydrogens is 278 g/mol. The molecule has 1 aliphatic heterocycles. The van der Waals surface area contributed by atoms with E-state index in [2.05, 4.69) is 29.6 Å². The maximum absolute atomic E-state index is 11.5. The van der Waals surface area contributed by atoms with Crippen LogP contribution in [0.25, 0.3) is 10.8 Å². The number of thioether (sulfide) groups is 2. The zero-order valence-electron chi connectivity index (χ0n) is 9.96. The molecular formula is C14H11NO2S2. The number of nitrogens with one attached hydrogen (secondary N) is 1. The Bertz CT molecular complexity index is 657. The van der Waals surface area contributed by atoms with Crippen LogP contribution in [0.3, 0.4) is 0 Å². The third-order valence-corrected chi connectivity index (χ3v) is 5.17. The van der Waals surface area contributed by atoms with Crippen molar-refractivity contribution in [3.63, 3.8) is 0 Å². The van der Waals surface area contributed by atoms with Gasteiger partial charge in [0.05, 0.1) is 0 Å². The molecule has 1 unspecified atom stereocenters. The molecule has 2 amide bonds. The van der Waals surface area contributed by atoms with Crippen LogP contribution in [-0.2, 0) is 4.79 Å². The van der Waals surface area contributed by atoms with Crippen molar-refractivity contribution in [1.29, 1.82) is 0 Å². The fourth-order valence-electron chi connectivity index (χ4n) is 1.93. The molecule has 96 valence electrons. The normalized spacial score (nSPS) is 18.8. The fraction of sp³-hybridized carbons (Fsp3) is 0.143. The first-order valence-corrected chi connectivity index (χ1v) is 7.72. The molecule has 1 N–H and O–H groups in total. The van der Waals surface area contributed by atoms with E-state index in [1.165, 1.54) is 10.8 Å². The van der Waals surface area contributed by atoms with Gasteiger partial charge in [-0.25, -0.2) is 0 Å². The second-order valence-electron chi connectivity index (χ2n) is 4.20. The molecule has 1 saturated heterocycles. The van der Waals surface area contributed by atoms with Gasteiger partial charge >= 0.3 is 0 Å². The first-order chi connectivity index (χ1) is 9.22. The van der Waals surface area contributed by atoms with Gasteiger partial charge in [-0.1, -0.05) is 42.1 Å².